The molecule has 1 aromatic heterocycles. The Morgan fingerprint density at radius 3 is 2.76 bits per heavy atom. The Labute approximate surface area is 169 Å². The molecular weight excluding hydrogens is 364 g/mol. The molecule has 0 saturated heterocycles. The van der Waals surface area contributed by atoms with Gasteiger partial charge in [-0.05, 0) is 49.2 Å². The topological polar surface area (TPSA) is 69.0 Å². The Morgan fingerprint density at radius 1 is 1.00 bits per heavy atom. The number of hydrogen-bond acceptors (Lipinski definition) is 4. The van der Waals surface area contributed by atoms with Gasteiger partial charge in [0.25, 0.3) is 5.91 Å². The van der Waals surface area contributed by atoms with Gasteiger partial charge in [-0.2, -0.15) is 0 Å². The molecule has 2 aliphatic rings. The van der Waals surface area contributed by atoms with Crippen LogP contribution in [0.4, 0.5) is 5.69 Å². The summed E-state index contributed by atoms with van der Waals surface area (Å²) in [6.45, 7) is 1.23. The third-order valence-corrected chi connectivity index (χ3v) is 5.43. The first-order valence-corrected chi connectivity index (χ1v) is 10.0. The maximum absolute atomic E-state index is 12.6. The number of aryl methyl sites for hydroxylation is 1. The van der Waals surface area contributed by atoms with Gasteiger partial charge in [0.2, 0.25) is 0 Å². The number of nitrogens with one attached hydrogen (secondary N) is 1. The monoisotopic (exact) mass is 386 g/mol. The van der Waals surface area contributed by atoms with Crippen molar-refractivity contribution >= 4 is 17.7 Å². The van der Waals surface area contributed by atoms with Crippen LogP contribution < -0.4 is 10.1 Å². The fourth-order valence-corrected chi connectivity index (χ4v) is 3.86. The van der Waals surface area contributed by atoms with Crippen LogP contribution in [0.2, 0.25) is 0 Å². The highest BCUT2D eigenvalue weighted by Crippen LogP contribution is 2.27. The molecule has 0 aliphatic carbocycles. The molecule has 0 unspecified atom stereocenters. The van der Waals surface area contributed by atoms with Crippen molar-refractivity contribution < 1.29 is 9.53 Å². The Kier molecular flexibility index (Phi) is 4.60. The molecule has 3 heterocycles. The van der Waals surface area contributed by atoms with Gasteiger partial charge < -0.3 is 14.6 Å². The van der Waals surface area contributed by atoms with Crippen molar-refractivity contribution in [3.05, 3.63) is 65.5 Å². The zero-order valence-corrected chi connectivity index (χ0v) is 16.1. The Morgan fingerprint density at radius 2 is 1.86 bits per heavy atom. The van der Waals surface area contributed by atoms with E-state index in [2.05, 4.69) is 20.1 Å². The second kappa shape index (κ2) is 7.54. The van der Waals surface area contributed by atoms with Crippen LogP contribution in [-0.4, -0.2) is 27.3 Å². The van der Waals surface area contributed by atoms with E-state index in [9.17, 15) is 4.79 Å². The van der Waals surface area contributed by atoms with Crippen LogP contribution in [0.15, 0.2) is 54.1 Å². The van der Waals surface area contributed by atoms with Crippen LogP contribution in [-0.2, 0) is 17.8 Å². The zero-order valence-electron chi connectivity index (χ0n) is 16.1. The summed E-state index contributed by atoms with van der Waals surface area (Å²) in [6, 6.07) is 15.5. The number of benzene rings is 2. The van der Waals surface area contributed by atoms with E-state index < -0.39 is 0 Å². The minimum Gasteiger partial charge on any atom is -0.488 e. The van der Waals surface area contributed by atoms with Crippen molar-refractivity contribution in [2.75, 3.05) is 11.9 Å². The molecule has 0 radical (unpaired) electrons. The standard InChI is InChI=1S/C23H22N4O2/c28-23(18-14-17-6-3-4-7-20(17)29-15-18)24-19-11-9-16(10-12-19)22-26-25-21-8-2-1-5-13-27(21)22/h3-4,6-7,9-12,14H,1-2,5,8,13,15H2,(H,24,28). The van der Waals surface area contributed by atoms with Gasteiger partial charge >= 0.3 is 0 Å². The van der Waals surface area contributed by atoms with Gasteiger partial charge in [0.1, 0.15) is 18.2 Å². The molecule has 1 amide bonds. The van der Waals surface area contributed by atoms with Gasteiger partial charge in [-0.15, -0.1) is 10.2 Å². The van der Waals surface area contributed by atoms with E-state index in [0.717, 1.165) is 53.6 Å². The van der Waals surface area contributed by atoms with E-state index in [0.29, 0.717) is 5.57 Å². The van der Waals surface area contributed by atoms with Gasteiger partial charge in [0, 0.05) is 29.8 Å². The van der Waals surface area contributed by atoms with Crippen molar-refractivity contribution in [3.8, 4) is 17.1 Å². The lowest BCUT2D eigenvalue weighted by Crippen LogP contribution is -2.21. The summed E-state index contributed by atoms with van der Waals surface area (Å²) < 4.78 is 7.90. The fourth-order valence-electron chi connectivity index (χ4n) is 3.86. The van der Waals surface area contributed by atoms with E-state index >= 15 is 0 Å². The van der Waals surface area contributed by atoms with Gasteiger partial charge in [-0.1, -0.05) is 24.6 Å². The molecule has 0 atom stereocenters. The maximum Gasteiger partial charge on any atom is 0.255 e. The first kappa shape index (κ1) is 17.7. The van der Waals surface area contributed by atoms with E-state index in [-0.39, 0.29) is 12.5 Å². The molecule has 29 heavy (non-hydrogen) atoms. The number of anilines is 1. The average molecular weight is 386 g/mol. The summed E-state index contributed by atoms with van der Waals surface area (Å²) in [5, 5.41) is 11.7. The molecule has 0 spiro atoms. The average Bonchev–Trinajstić information content (AvgIpc) is 3.02. The highest BCUT2D eigenvalue weighted by Gasteiger charge is 2.18. The normalized spacial score (nSPS) is 15.4. The van der Waals surface area contributed by atoms with Crippen molar-refractivity contribution in [3.63, 3.8) is 0 Å². The number of para-hydroxylation sites is 1. The van der Waals surface area contributed by atoms with Crippen LogP contribution in [0.3, 0.4) is 0 Å². The van der Waals surface area contributed by atoms with Crippen LogP contribution in [0, 0.1) is 0 Å². The molecule has 146 valence electrons. The largest absolute Gasteiger partial charge is 0.488 e. The summed E-state index contributed by atoms with van der Waals surface area (Å²) >= 11 is 0. The lowest BCUT2D eigenvalue weighted by Gasteiger charge is -2.17. The Hall–Kier alpha value is -3.41. The SMILES string of the molecule is O=C(Nc1ccc(-c2nnc3n2CCCCC3)cc1)C1=Cc2ccccc2OC1. The zero-order chi connectivity index (χ0) is 19.6. The number of aromatic nitrogens is 3. The predicted molar refractivity (Wildman–Crippen MR) is 112 cm³/mol. The lowest BCUT2D eigenvalue weighted by molar-refractivity contribution is -0.113. The molecule has 2 aliphatic heterocycles. The van der Waals surface area contributed by atoms with E-state index in [1.54, 1.807) is 0 Å². The second-order valence-electron chi connectivity index (χ2n) is 7.43. The van der Waals surface area contributed by atoms with Crippen molar-refractivity contribution in [2.45, 2.75) is 32.2 Å². The number of carbonyl (C=O) groups is 1. The molecule has 2 aromatic carbocycles. The molecule has 1 N–H and O–H groups in total. The predicted octanol–water partition coefficient (Wildman–Crippen LogP) is 4.09. The van der Waals surface area contributed by atoms with Gasteiger partial charge in [0.05, 0.1) is 5.57 Å². The molecule has 0 saturated carbocycles. The smallest absolute Gasteiger partial charge is 0.255 e. The molecule has 6 heteroatoms. The maximum atomic E-state index is 12.6. The summed E-state index contributed by atoms with van der Waals surface area (Å²) in [7, 11) is 0. The van der Waals surface area contributed by atoms with Crippen molar-refractivity contribution in [2.24, 2.45) is 0 Å². The quantitative estimate of drug-likeness (QED) is 0.736. The first-order valence-electron chi connectivity index (χ1n) is 10.0. The van der Waals surface area contributed by atoms with Gasteiger partial charge in [0.15, 0.2) is 5.82 Å². The van der Waals surface area contributed by atoms with Crippen LogP contribution in [0.5, 0.6) is 5.75 Å². The first-order chi connectivity index (χ1) is 14.3. The summed E-state index contributed by atoms with van der Waals surface area (Å²) in [4.78, 5) is 12.6. The number of nitrogens with zero attached hydrogens (tertiary/aromatic N) is 3. The molecule has 6 nitrogen and oxygen atoms in total. The van der Waals surface area contributed by atoms with E-state index in [1.807, 2.05) is 54.6 Å². The minimum atomic E-state index is -0.149. The number of hydrogen-bond donors (Lipinski definition) is 1. The molecule has 0 fully saturated rings. The molecule has 3 aromatic rings. The number of ether oxygens (including phenoxy) is 1. The van der Waals surface area contributed by atoms with Gasteiger partial charge in [-0.3, -0.25) is 4.79 Å². The van der Waals surface area contributed by atoms with Crippen LogP contribution in [0.25, 0.3) is 17.5 Å². The Bertz CT molecular complexity index is 1080. The molecular formula is C23H22N4O2. The van der Waals surface area contributed by atoms with Crippen molar-refractivity contribution in [1.29, 1.82) is 0 Å². The number of carbonyl (C=O) groups excluding carboxylic acids is 1. The Balaban J connectivity index is 1.32. The summed E-state index contributed by atoms with van der Waals surface area (Å²) in [5.74, 6) is 2.63. The van der Waals surface area contributed by atoms with E-state index in [4.69, 9.17) is 4.74 Å². The number of amides is 1. The van der Waals surface area contributed by atoms with Crippen LogP contribution in [0.1, 0.15) is 30.7 Å². The third-order valence-electron chi connectivity index (χ3n) is 5.43. The summed E-state index contributed by atoms with van der Waals surface area (Å²) in [6.07, 6.45) is 6.44. The number of fused-ring (bicyclic) bond motifs is 2. The minimum absolute atomic E-state index is 0.149. The molecule has 5 rings (SSSR count). The molecule has 0 bridgehead atoms. The van der Waals surface area contributed by atoms with Crippen LogP contribution >= 0.6 is 0 Å². The second-order valence-corrected chi connectivity index (χ2v) is 7.43. The van der Waals surface area contributed by atoms with E-state index in [1.165, 1.54) is 12.8 Å². The lowest BCUT2D eigenvalue weighted by atomic mass is 10.1. The highest BCUT2D eigenvalue weighted by atomic mass is 16.5. The van der Waals surface area contributed by atoms with Gasteiger partial charge in [-0.25, -0.2) is 0 Å². The summed E-state index contributed by atoms with van der Waals surface area (Å²) in [5.41, 5.74) is 3.29. The number of rotatable bonds is 3. The fraction of sp³-hybridized carbons (Fsp3) is 0.261. The third kappa shape index (κ3) is 3.53. The highest BCUT2D eigenvalue weighted by molar-refractivity contribution is 6.07. The van der Waals surface area contributed by atoms with Crippen molar-refractivity contribution in [1.82, 2.24) is 14.8 Å².